The van der Waals surface area contributed by atoms with E-state index in [4.69, 9.17) is 0 Å². The van der Waals surface area contributed by atoms with Crippen molar-refractivity contribution in [3.63, 3.8) is 0 Å². The van der Waals surface area contributed by atoms with Crippen LogP contribution in [0.4, 0.5) is 0 Å². The Morgan fingerprint density at radius 2 is 0.472 bits per heavy atom. The number of hydrogen-bond acceptors (Lipinski definition) is 5. The van der Waals surface area contributed by atoms with E-state index in [9.17, 15) is 15.3 Å². The number of unbranched alkanes of at least 4 members (excludes halogenated alkanes) is 30. The van der Waals surface area contributed by atoms with Crippen molar-refractivity contribution in [1.82, 2.24) is 10.0 Å². The third-order valence-corrected chi connectivity index (χ3v) is 11.6. The predicted molar refractivity (Wildman–Crippen MR) is 235 cm³/mol. The van der Waals surface area contributed by atoms with Crippen LogP contribution in [0.15, 0.2) is 0 Å². The number of hydrogen-bond donors (Lipinski definition) is 3. The zero-order valence-corrected chi connectivity index (χ0v) is 37.0. The molecule has 0 aliphatic heterocycles. The number of nitrogens with zero attached hydrogens (tertiary/aromatic N) is 2. The fourth-order valence-electron chi connectivity index (χ4n) is 7.98. The van der Waals surface area contributed by atoms with Crippen LogP contribution in [-0.2, 0) is 0 Å². The summed E-state index contributed by atoms with van der Waals surface area (Å²) in [5, 5.41) is 38.6. The van der Waals surface area contributed by atoms with Crippen molar-refractivity contribution in [3.05, 3.63) is 0 Å². The first-order chi connectivity index (χ1) is 26.0. The summed E-state index contributed by atoms with van der Waals surface area (Å²) in [7, 11) is 0. The van der Waals surface area contributed by atoms with Crippen LogP contribution in [-0.4, -0.2) is 69.8 Å². The Labute approximate surface area is 334 Å². The molecule has 5 heteroatoms. The van der Waals surface area contributed by atoms with Crippen molar-refractivity contribution in [2.75, 3.05) is 26.2 Å². The summed E-state index contributed by atoms with van der Waals surface area (Å²) in [6, 6.07) is 0. The maximum Gasteiger partial charge on any atom is 0.0681 e. The van der Waals surface area contributed by atoms with Gasteiger partial charge in [0.1, 0.15) is 0 Å². The first-order valence-electron chi connectivity index (χ1n) is 24.5. The molecule has 3 N–H and O–H groups in total. The molecular formula is C48H100N2O3. The molecule has 0 saturated heterocycles. The molecule has 0 aromatic heterocycles. The highest BCUT2D eigenvalue weighted by Crippen LogP contribution is 2.18. The Kier molecular flexibility index (Phi) is 42.8. The van der Waals surface area contributed by atoms with Crippen LogP contribution in [0.3, 0.4) is 0 Å². The fourth-order valence-corrected chi connectivity index (χ4v) is 7.98. The summed E-state index contributed by atoms with van der Waals surface area (Å²) in [6.07, 6.45) is 45.1. The number of aliphatic hydroxyl groups is 3. The molecule has 0 fully saturated rings. The van der Waals surface area contributed by atoms with Crippen LogP contribution in [0.5, 0.6) is 0 Å². The summed E-state index contributed by atoms with van der Waals surface area (Å²) < 4.78 is 0. The van der Waals surface area contributed by atoms with Crippen molar-refractivity contribution < 1.29 is 15.3 Å². The van der Waals surface area contributed by atoms with E-state index < -0.39 is 12.2 Å². The van der Waals surface area contributed by atoms with Gasteiger partial charge in [-0.15, -0.1) is 0 Å². The van der Waals surface area contributed by atoms with Gasteiger partial charge in [-0.2, -0.15) is 0 Å². The average Bonchev–Trinajstić information content (AvgIpc) is 3.14. The Morgan fingerprint density at radius 1 is 0.264 bits per heavy atom. The van der Waals surface area contributed by atoms with Crippen molar-refractivity contribution >= 4 is 0 Å². The molecule has 5 nitrogen and oxygen atoms in total. The van der Waals surface area contributed by atoms with Crippen LogP contribution in [0.25, 0.3) is 0 Å². The maximum atomic E-state index is 11.3. The number of rotatable bonds is 45. The molecule has 0 radical (unpaired) electrons. The van der Waals surface area contributed by atoms with E-state index in [0.717, 1.165) is 51.5 Å². The lowest BCUT2D eigenvalue weighted by molar-refractivity contribution is -0.0964. The van der Waals surface area contributed by atoms with Crippen molar-refractivity contribution in [3.8, 4) is 0 Å². The van der Waals surface area contributed by atoms with Gasteiger partial charge in [-0.1, -0.05) is 240 Å². The smallest absolute Gasteiger partial charge is 0.0681 e. The molecule has 0 bridgehead atoms. The first-order valence-corrected chi connectivity index (χ1v) is 24.5. The molecular weight excluding hydrogens is 653 g/mol. The standard InChI is InChI=1S/C48H100N2O3/c1-5-9-13-17-21-25-26-30-34-38-42-49(43-46(51)39-35-31-27-22-18-14-10-6-2)50(44-47(52)40-36-32-28-23-19-15-11-7-3)45-48(53)41-37-33-29-24-20-16-12-8-4/h46-48,51-53H,5-45H2,1-4H3. The van der Waals surface area contributed by atoms with E-state index in [0.29, 0.717) is 19.6 Å². The minimum Gasteiger partial charge on any atom is -0.392 e. The van der Waals surface area contributed by atoms with Gasteiger partial charge < -0.3 is 15.3 Å². The normalized spacial score (nSPS) is 13.8. The summed E-state index contributed by atoms with van der Waals surface area (Å²) in [5.74, 6) is 0. The Morgan fingerprint density at radius 3 is 0.736 bits per heavy atom. The quantitative estimate of drug-likeness (QED) is 0.0427. The molecule has 0 aromatic carbocycles. The Bertz CT molecular complexity index is 651. The van der Waals surface area contributed by atoms with Crippen LogP contribution in [0, 0.1) is 0 Å². The van der Waals surface area contributed by atoms with Crippen LogP contribution >= 0.6 is 0 Å². The molecule has 320 valence electrons. The van der Waals surface area contributed by atoms with Crippen LogP contribution in [0.2, 0.25) is 0 Å². The molecule has 3 unspecified atom stereocenters. The van der Waals surface area contributed by atoms with Gasteiger partial charge in [0.2, 0.25) is 0 Å². The second-order valence-electron chi connectivity index (χ2n) is 17.2. The highest BCUT2D eigenvalue weighted by molar-refractivity contribution is 4.72. The van der Waals surface area contributed by atoms with Crippen molar-refractivity contribution in [2.45, 2.75) is 284 Å². The molecule has 0 amide bonds. The number of aliphatic hydroxyl groups excluding tert-OH is 3. The van der Waals surface area contributed by atoms with Gasteiger partial charge in [0, 0.05) is 26.2 Å². The van der Waals surface area contributed by atoms with E-state index in [1.54, 1.807) is 0 Å². The maximum absolute atomic E-state index is 11.3. The topological polar surface area (TPSA) is 67.2 Å². The second kappa shape index (κ2) is 42.9. The van der Waals surface area contributed by atoms with Gasteiger partial charge in [-0.25, -0.2) is 10.0 Å². The zero-order valence-electron chi connectivity index (χ0n) is 37.0. The van der Waals surface area contributed by atoms with Gasteiger partial charge in [-0.3, -0.25) is 0 Å². The molecule has 0 heterocycles. The lowest BCUT2D eigenvalue weighted by Gasteiger charge is -2.39. The molecule has 0 aliphatic carbocycles. The van der Waals surface area contributed by atoms with Gasteiger partial charge in [0.15, 0.2) is 0 Å². The molecule has 53 heavy (non-hydrogen) atoms. The van der Waals surface area contributed by atoms with Gasteiger partial charge >= 0.3 is 0 Å². The summed E-state index contributed by atoms with van der Waals surface area (Å²) in [4.78, 5) is 0. The van der Waals surface area contributed by atoms with E-state index in [-0.39, 0.29) is 6.10 Å². The monoisotopic (exact) mass is 753 g/mol. The highest BCUT2D eigenvalue weighted by Gasteiger charge is 2.24. The molecule has 0 rings (SSSR count). The van der Waals surface area contributed by atoms with Crippen LogP contribution in [0.1, 0.15) is 265 Å². The minimum absolute atomic E-state index is 0.365. The Balaban J connectivity index is 5.25. The number of hydrazine groups is 1. The Hall–Kier alpha value is -0.200. The zero-order chi connectivity index (χ0) is 38.9. The summed E-state index contributed by atoms with van der Waals surface area (Å²) in [6.45, 7) is 11.8. The lowest BCUT2D eigenvalue weighted by atomic mass is 10.0. The van der Waals surface area contributed by atoms with Gasteiger partial charge in [0.25, 0.3) is 0 Å². The summed E-state index contributed by atoms with van der Waals surface area (Å²) in [5.41, 5.74) is 0. The third-order valence-electron chi connectivity index (χ3n) is 11.6. The van der Waals surface area contributed by atoms with Gasteiger partial charge in [-0.05, 0) is 25.7 Å². The van der Waals surface area contributed by atoms with Crippen molar-refractivity contribution in [2.24, 2.45) is 0 Å². The minimum atomic E-state index is -0.398. The second-order valence-corrected chi connectivity index (χ2v) is 17.2. The van der Waals surface area contributed by atoms with Crippen molar-refractivity contribution in [1.29, 1.82) is 0 Å². The van der Waals surface area contributed by atoms with Gasteiger partial charge in [0.05, 0.1) is 18.3 Å². The molecule has 0 saturated carbocycles. The highest BCUT2D eigenvalue weighted by atomic mass is 16.3. The summed E-state index contributed by atoms with van der Waals surface area (Å²) >= 11 is 0. The molecule has 3 atom stereocenters. The SMILES string of the molecule is CCCCCCCCCCCCN(CC(O)CCCCCCCCCC)N(CC(O)CCCCCCCCCC)CC(O)CCCCCCCCCC. The first kappa shape index (κ1) is 52.8. The van der Waals surface area contributed by atoms with E-state index in [1.807, 2.05) is 0 Å². The third kappa shape index (κ3) is 38.5. The van der Waals surface area contributed by atoms with Crippen LogP contribution < -0.4 is 0 Å². The van der Waals surface area contributed by atoms with E-state index >= 15 is 0 Å². The lowest BCUT2D eigenvalue weighted by Crippen LogP contribution is -2.52. The average molecular weight is 753 g/mol. The fraction of sp³-hybridized carbons (Fsp3) is 1.00. The van der Waals surface area contributed by atoms with E-state index in [1.165, 1.54) is 193 Å². The van der Waals surface area contributed by atoms with E-state index in [2.05, 4.69) is 37.7 Å². The molecule has 0 aromatic rings. The largest absolute Gasteiger partial charge is 0.392 e. The predicted octanol–water partition coefficient (Wildman–Crippen LogP) is 14.1. The molecule has 0 spiro atoms. The molecule has 0 aliphatic rings.